The van der Waals surface area contributed by atoms with Crippen molar-refractivity contribution in [2.24, 2.45) is 0 Å². The maximum atomic E-state index is 13.2. The first-order chi connectivity index (χ1) is 10.3. The van der Waals surface area contributed by atoms with Crippen molar-refractivity contribution in [2.75, 3.05) is 12.8 Å². The molecule has 0 fully saturated rings. The van der Waals surface area contributed by atoms with E-state index in [4.69, 9.17) is 4.42 Å². The van der Waals surface area contributed by atoms with E-state index in [1.807, 2.05) is 0 Å². The van der Waals surface area contributed by atoms with Crippen molar-refractivity contribution in [3.8, 4) is 0 Å². The topological polar surface area (TPSA) is 96.6 Å². The molecule has 1 rings (SSSR count). The fourth-order valence-corrected chi connectivity index (χ4v) is 2.24. The Kier molecular flexibility index (Phi) is 5.53. The lowest BCUT2D eigenvalue weighted by Crippen LogP contribution is -2.46. The molecule has 1 aromatic rings. The molecule has 1 heterocycles. The van der Waals surface area contributed by atoms with Crippen LogP contribution in [0.1, 0.15) is 24.9 Å². The fraction of sp³-hybridized carbons (Fsp3) is 0.615. The summed E-state index contributed by atoms with van der Waals surface area (Å²) in [7, 11) is -3.66. The number of furan rings is 1. The molecule has 0 bridgehead atoms. The molecule has 6 nitrogen and oxygen atoms in total. The van der Waals surface area contributed by atoms with E-state index in [0.717, 1.165) is 19.2 Å². The number of carbonyl (C=O) groups excluding carboxylic acids is 1. The molecule has 132 valence electrons. The van der Waals surface area contributed by atoms with Crippen molar-refractivity contribution < 1.29 is 35.9 Å². The van der Waals surface area contributed by atoms with E-state index >= 15 is 0 Å². The maximum absolute atomic E-state index is 13.2. The average molecular weight is 357 g/mol. The normalized spacial score (nSPS) is 16.7. The van der Waals surface area contributed by atoms with Crippen molar-refractivity contribution in [1.82, 2.24) is 5.32 Å². The molecular weight excluding hydrogens is 339 g/mol. The van der Waals surface area contributed by atoms with Gasteiger partial charge in [-0.15, -0.1) is 0 Å². The van der Waals surface area contributed by atoms with Gasteiger partial charge in [-0.25, -0.2) is 8.42 Å². The van der Waals surface area contributed by atoms with Gasteiger partial charge in [0.2, 0.25) is 11.5 Å². The molecular formula is C13H18F3NO5S. The number of sulfone groups is 1. The number of rotatable bonds is 6. The highest BCUT2D eigenvalue weighted by Crippen LogP contribution is 2.41. The molecule has 0 radical (unpaired) electrons. The van der Waals surface area contributed by atoms with Crippen LogP contribution in [0.25, 0.3) is 0 Å². The molecule has 0 spiro atoms. The molecule has 0 aromatic carbocycles. The van der Waals surface area contributed by atoms with Crippen LogP contribution in [0.15, 0.2) is 16.5 Å². The Morgan fingerprint density at radius 3 is 2.35 bits per heavy atom. The summed E-state index contributed by atoms with van der Waals surface area (Å²) in [4.78, 5) is 11.6. The Balaban J connectivity index is 2.84. The van der Waals surface area contributed by atoms with Crippen molar-refractivity contribution >= 4 is 15.7 Å². The highest BCUT2D eigenvalue weighted by Gasteiger charge is 2.56. The van der Waals surface area contributed by atoms with Gasteiger partial charge >= 0.3 is 6.18 Å². The maximum Gasteiger partial charge on any atom is 0.424 e. The first-order valence-electron chi connectivity index (χ1n) is 6.61. The van der Waals surface area contributed by atoms with Crippen LogP contribution in [0, 0.1) is 6.92 Å². The van der Waals surface area contributed by atoms with Crippen LogP contribution in [-0.4, -0.2) is 43.7 Å². The Morgan fingerprint density at radius 1 is 1.39 bits per heavy atom. The number of hydrogen-bond donors (Lipinski definition) is 2. The van der Waals surface area contributed by atoms with Gasteiger partial charge < -0.3 is 14.8 Å². The van der Waals surface area contributed by atoms with Gasteiger partial charge in [-0.2, -0.15) is 13.2 Å². The van der Waals surface area contributed by atoms with Crippen molar-refractivity contribution in [3.63, 3.8) is 0 Å². The molecule has 0 aliphatic heterocycles. The third-order valence-corrected chi connectivity index (χ3v) is 4.91. The summed E-state index contributed by atoms with van der Waals surface area (Å²) in [5, 5.41) is 10.6. The minimum atomic E-state index is -5.02. The summed E-state index contributed by atoms with van der Waals surface area (Å²) in [6.45, 7) is 1.97. The monoisotopic (exact) mass is 357 g/mol. The van der Waals surface area contributed by atoms with Crippen LogP contribution in [0.2, 0.25) is 0 Å². The van der Waals surface area contributed by atoms with Crippen LogP contribution in [0.4, 0.5) is 13.2 Å². The predicted molar refractivity (Wildman–Crippen MR) is 75.3 cm³/mol. The number of hydrogen-bond acceptors (Lipinski definition) is 5. The number of halogens is 3. The number of carbonyl (C=O) groups is 1. The lowest BCUT2D eigenvalue weighted by Gasteiger charge is -2.28. The third kappa shape index (κ3) is 4.47. The highest BCUT2D eigenvalue weighted by molar-refractivity contribution is 7.92. The first-order valence-corrected chi connectivity index (χ1v) is 8.57. The van der Waals surface area contributed by atoms with Gasteiger partial charge in [0.25, 0.3) is 0 Å². The zero-order chi connectivity index (χ0) is 18.1. The molecule has 0 aliphatic carbocycles. The summed E-state index contributed by atoms with van der Waals surface area (Å²) in [6, 6.07) is 2.28. The van der Waals surface area contributed by atoms with Crippen LogP contribution in [0.3, 0.4) is 0 Å². The second-order valence-corrected chi connectivity index (χ2v) is 7.65. The Morgan fingerprint density at radius 2 is 1.96 bits per heavy atom. The fourth-order valence-electron chi connectivity index (χ4n) is 1.77. The minimum absolute atomic E-state index is 0.192. The molecule has 0 saturated heterocycles. The number of nitrogens with one attached hydrogen (secondary N) is 1. The lowest BCUT2D eigenvalue weighted by atomic mass is 9.95. The van der Waals surface area contributed by atoms with Gasteiger partial charge in [-0.1, -0.05) is 0 Å². The molecule has 2 atom stereocenters. The van der Waals surface area contributed by atoms with E-state index < -0.39 is 51.5 Å². The molecule has 2 N–H and O–H groups in total. The summed E-state index contributed by atoms with van der Waals surface area (Å²) in [6.07, 6.45) is -5.09. The summed E-state index contributed by atoms with van der Waals surface area (Å²) < 4.78 is 66.7. The van der Waals surface area contributed by atoms with E-state index in [1.165, 1.54) is 13.0 Å². The van der Waals surface area contributed by atoms with E-state index in [1.54, 1.807) is 0 Å². The third-order valence-electron chi connectivity index (χ3n) is 3.41. The quantitative estimate of drug-likeness (QED) is 0.799. The van der Waals surface area contributed by atoms with Crippen molar-refractivity contribution in [2.45, 2.75) is 37.3 Å². The minimum Gasteiger partial charge on any atom is -0.463 e. The SMILES string of the molecule is Cc1ccc([C@@](O)(CCNC(=O)[C@@H](C)S(C)(=O)=O)C(F)(F)F)o1. The van der Waals surface area contributed by atoms with Gasteiger partial charge in [-0.05, 0) is 26.0 Å². The standard InChI is InChI=1S/C13H18F3NO5S/c1-8-4-5-10(22-8)12(19,13(14,15)16)6-7-17-11(18)9(2)23(3,20)21/h4-5,9,19H,6-7H2,1-3H3,(H,17,18)/t9-,12+/m1/s1. The van der Waals surface area contributed by atoms with Crippen molar-refractivity contribution in [3.05, 3.63) is 23.7 Å². The smallest absolute Gasteiger partial charge is 0.424 e. The van der Waals surface area contributed by atoms with E-state index in [-0.39, 0.29) is 5.76 Å². The number of aliphatic hydroxyl groups is 1. The molecule has 0 unspecified atom stereocenters. The Hall–Kier alpha value is -1.55. The first kappa shape index (κ1) is 19.5. The molecule has 1 amide bonds. The van der Waals surface area contributed by atoms with Crippen LogP contribution < -0.4 is 5.32 Å². The van der Waals surface area contributed by atoms with Crippen LogP contribution >= 0.6 is 0 Å². The molecule has 10 heteroatoms. The van der Waals surface area contributed by atoms with Gasteiger partial charge in [0, 0.05) is 19.2 Å². The van der Waals surface area contributed by atoms with E-state index in [2.05, 4.69) is 5.32 Å². The molecule has 1 aromatic heterocycles. The van der Waals surface area contributed by atoms with Gasteiger partial charge in [0.05, 0.1) is 0 Å². The van der Waals surface area contributed by atoms with Crippen LogP contribution in [-0.2, 0) is 20.2 Å². The summed E-state index contributed by atoms with van der Waals surface area (Å²) in [5.41, 5.74) is -3.27. The van der Waals surface area contributed by atoms with E-state index in [0.29, 0.717) is 0 Å². The number of amides is 1. The molecule has 0 saturated carbocycles. The highest BCUT2D eigenvalue weighted by atomic mass is 32.2. The van der Waals surface area contributed by atoms with E-state index in [9.17, 15) is 31.5 Å². The Labute approximate surface area is 131 Å². The molecule has 0 aliphatic rings. The van der Waals surface area contributed by atoms with Gasteiger partial charge in [0.15, 0.2) is 9.84 Å². The largest absolute Gasteiger partial charge is 0.463 e. The predicted octanol–water partition coefficient (Wildman–Crippen LogP) is 1.28. The zero-order valence-corrected chi connectivity index (χ0v) is 13.6. The van der Waals surface area contributed by atoms with Crippen LogP contribution in [0.5, 0.6) is 0 Å². The number of alkyl halides is 3. The van der Waals surface area contributed by atoms with Crippen molar-refractivity contribution in [1.29, 1.82) is 0 Å². The van der Waals surface area contributed by atoms with Gasteiger partial charge in [-0.3, -0.25) is 4.79 Å². The Bertz CT molecular complexity index is 667. The second-order valence-electron chi connectivity index (χ2n) is 5.28. The molecule has 23 heavy (non-hydrogen) atoms. The lowest BCUT2D eigenvalue weighted by molar-refractivity contribution is -0.274. The average Bonchev–Trinajstić information content (AvgIpc) is 2.82. The summed E-state index contributed by atoms with van der Waals surface area (Å²) >= 11 is 0. The summed E-state index contributed by atoms with van der Waals surface area (Å²) in [5.74, 6) is -1.43. The second kappa shape index (κ2) is 6.52. The van der Waals surface area contributed by atoms with Gasteiger partial charge in [0.1, 0.15) is 16.8 Å². The number of aryl methyl sites for hydroxylation is 1. The zero-order valence-electron chi connectivity index (χ0n) is 12.8.